The number of aromatic hydroxyl groups is 1. The summed E-state index contributed by atoms with van der Waals surface area (Å²) >= 11 is 0. The lowest BCUT2D eigenvalue weighted by atomic mass is 9.96. The van der Waals surface area contributed by atoms with Crippen LogP contribution in [0.4, 0.5) is 9.18 Å². The molecule has 1 amide bonds. The van der Waals surface area contributed by atoms with Crippen LogP contribution in [-0.4, -0.2) is 30.2 Å². The summed E-state index contributed by atoms with van der Waals surface area (Å²) in [4.78, 5) is 12.9. The van der Waals surface area contributed by atoms with E-state index >= 15 is 0 Å². The molecule has 0 aliphatic carbocycles. The molecule has 2 aromatic carbocycles. The quantitative estimate of drug-likeness (QED) is 0.834. The van der Waals surface area contributed by atoms with Crippen LogP contribution in [0.25, 0.3) is 10.8 Å². The standard InChI is InChI=1S/C17H16FNO3.C2H6/c1-5-10-7-11(22-17(21)19(3)4)8-13-15(20)9-14(18)12(6-2)16(10)13;1-2/h2,7-9,20H,5H2,1,3-4H3;1-2H3. The monoisotopic (exact) mass is 331 g/mol. The third-order valence-electron chi connectivity index (χ3n) is 3.32. The minimum atomic E-state index is -0.653. The summed E-state index contributed by atoms with van der Waals surface area (Å²) in [5.74, 6) is 1.69. The first kappa shape index (κ1) is 19.3. The number of fused-ring (bicyclic) bond motifs is 1. The number of phenols is 1. The maximum Gasteiger partial charge on any atom is 0.414 e. The van der Waals surface area contributed by atoms with E-state index in [-0.39, 0.29) is 17.1 Å². The van der Waals surface area contributed by atoms with Gasteiger partial charge in [-0.05, 0) is 24.1 Å². The van der Waals surface area contributed by atoms with Crippen molar-refractivity contribution in [3.63, 3.8) is 0 Å². The van der Waals surface area contributed by atoms with Gasteiger partial charge in [0, 0.05) is 30.9 Å². The first-order valence-corrected chi connectivity index (χ1v) is 7.72. The van der Waals surface area contributed by atoms with E-state index in [1.54, 1.807) is 20.2 Å². The molecule has 0 aromatic heterocycles. The number of rotatable bonds is 2. The van der Waals surface area contributed by atoms with Crippen LogP contribution in [0.3, 0.4) is 0 Å². The van der Waals surface area contributed by atoms with Gasteiger partial charge in [-0.1, -0.05) is 26.7 Å². The summed E-state index contributed by atoms with van der Waals surface area (Å²) < 4.78 is 19.1. The molecule has 128 valence electrons. The van der Waals surface area contributed by atoms with Gasteiger partial charge in [0.2, 0.25) is 0 Å². The van der Waals surface area contributed by atoms with Crippen molar-refractivity contribution in [1.82, 2.24) is 4.90 Å². The molecule has 0 aliphatic rings. The summed E-state index contributed by atoms with van der Waals surface area (Å²) in [6.45, 7) is 5.87. The van der Waals surface area contributed by atoms with E-state index in [1.165, 1.54) is 11.0 Å². The molecule has 5 heteroatoms. The molecule has 0 unspecified atom stereocenters. The lowest BCUT2D eigenvalue weighted by Gasteiger charge is -2.15. The van der Waals surface area contributed by atoms with Crippen molar-refractivity contribution in [3.05, 3.63) is 35.1 Å². The van der Waals surface area contributed by atoms with E-state index in [1.807, 2.05) is 20.8 Å². The molecule has 0 bridgehead atoms. The van der Waals surface area contributed by atoms with Gasteiger partial charge in [0.1, 0.15) is 17.3 Å². The van der Waals surface area contributed by atoms with Gasteiger partial charge in [0.15, 0.2) is 0 Å². The number of ether oxygens (including phenoxy) is 1. The summed E-state index contributed by atoms with van der Waals surface area (Å²) in [6, 6.07) is 4.07. The minimum absolute atomic E-state index is 0.0927. The number of terminal acetylenes is 1. The van der Waals surface area contributed by atoms with E-state index in [0.29, 0.717) is 22.8 Å². The number of amides is 1. The molecule has 0 atom stereocenters. The number of halogens is 1. The van der Waals surface area contributed by atoms with Crippen molar-refractivity contribution in [2.45, 2.75) is 27.2 Å². The molecule has 0 saturated heterocycles. The van der Waals surface area contributed by atoms with Crippen molar-refractivity contribution >= 4 is 16.9 Å². The molecule has 0 aliphatic heterocycles. The van der Waals surface area contributed by atoms with Crippen molar-refractivity contribution in [3.8, 4) is 23.8 Å². The predicted octanol–water partition coefficient (Wildman–Crippen LogP) is 4.31. The highest BCUT2D eigenvalue weighted by Crippen LogP contribution is 2.35. The van der Waals surface area contributed by atoms with Crippen molar-refractivity contribution in [1.29, 1.82) is 0 Å². The number of hydrogen-bond donors (Lipinski definition) is 1. The third-order valence-corrected chi connectivity index (χ3v) is 3.32. The minimum Gasteiger partial charge on any atom is -0.507 e. The van der Waals surface area contributed by atoms with Gasteiger partial charge < -0.3 is 14.7 Å². The van der Waals surface area contributed by atoms with Crippen LogP contribution in [0.2, 0.25) is 0 Å². The van der Waals surface area contributed by atoms with E-state index in [2.05, 4.69) is 5.92 Å². The summed E-state index contributed by atoms with van der Waals surface area (Å²) in [7, 11) is 3.13. The smallest absolute Gasteiger partial charge is 0.414 e. The second-order valence-corrected chi connectivity index (χ2v) is 5.02. The molecular formula is C19H22FNO3. The average Bonchev–Trinajstić information content (AvgIpc) is 2.56. The van der Waals surface area contributed by atoms with Gasteiger partial charge in [-0.2, -0.15) is 0 Å². The Bertz CT molecular complexity index is 792. The predicted molar refractivity (Wildman–Crippen MR) is 93.9 cm³/mol. The SMILES string of the molecule is C#Cc1c(F)cc(O)c2cc(OC(=O)N(C)C)cc(CC)c12.CC. The summed E-state index contributed by atoms with van der Waals surface area (Å²) in [5, 5.41) is 10.8. The van der Waals surface area contributed by atoms with Crippen LogP contribution in [0.15, 0.2) is 18.2 Å². The zero-order chi connectivity index (χ0) is 18.4. The summed E-state index contributed by atoms with van der Waals surface area (Å²) in [6.07, 6.45) is 5.39. The number of phenolic OH excluding ortho intramolecular Hbond substituents is 1. The number of hydrogen-bond acceptors (Lipinski definition) is 3. The van der Waals surface area contributed by atoms with E-state index in [0.717, 1.165) is 6.07 Å². The fourth-order valence-electron chi connectivity index (χ4n) is 2.23. The Morgan fingerprint density at radius 3 is 2.46 bits per heavy atom. The Morgan fingerprint density at radius 1 is 1.33 bits per heavy atom. The van der Waals surface area contributed by atoms with Crippen LogP contribution in [0.5, 0.6) is 11.5 Å². The van der Waals surface area contributed by atoms with Crippen molar-refractivity contribution in [2.24, 2.45) is 0 Å². The lowest BCUT2D eigenvalue weighted by molar-refractivity contribution is 0.172. The summed E-state index contributed by atoms with van der Waals surface area (Å²) in [5.41, 5.74) is 0.789. The van der Waals surface area contributed by atoms with Gasteiger partial charge in [0.25, 0.3) is 0 Å². The Hall–Kier alpha value is -2.74. The molecule has 24 heavy (non-hydrogen) atoms. The maximum absolute atomic E-state index is 13.9. The van der Waals surface area contributed by atoms with Crippen LogP contribution in [0, 0.1) is 18.2 Å². The molecule has 2 rings (SSSR count). The largest absolute Gasteiger partial charge is 0.507 e. The van der Waals surface area contributed by atoms with Crippen molar-refractivity contribution < 1.29 is 19.0 Å². The van der Waals surface area contributed by atoms with Crippen LogP contribution >= 0.6 is 0 Å². The first-order chi connectivity index (χ1) is 11.4. The zero-order valence-corrected chi connectivity index (χ0v) is 14.6. The second-order valence-electron chi connectivity index (χ2n) is 5.02. The number of nitrogens with zero attached hydrogens (tertiary/aromatic N) is 1. The van der Waals surface area contributed by atoms with Gasteiger partial charge in [-0.3, -0.25) is 0 Å². The average molecular weight is 331 g/mol. The van der Waals surface area contributed by atoms with Gasteiger partial charge >= 0.3 is 6.09 Å². The maximum atomic E-state index is 13.9. The normalized spacial score (nSPS) is 9.71. The van der Waals surface area contributed by atoms with Crippen LogP contribution < -0.4 is 4.74 Å². The van der Waals surface area contributed by atoms with Gasteiger partial charge in [-0.15, -0.1) is 6.42 Å². The fourth-order valence-corrected chi connectivity index (χ4v) is 2.23. The molecule has 4 nitrogen and oxygen atoms in total. The number of carbonyl (C=O) groups is 1. The van der Waals surface area contributed by atoms with Gasteiger partial charge in [-0.25, -0.2) is 9.18 Å². The Balaban J connectivity index is 0.00000139. The fraction of sp³-hybridized carbons (Fsp3) is 0.316. The molecule has 0 heterocycles. The topological polar surface area (TPSA) is 49.8 Å². The number of aryl methyl sites for hydroxylation is 1. The Morgan fingerprint density at radius 2 is 1.96 bits per heavy atom. The van der Waals surface area contributed by atoms with E-state index in [4.69, 9.17) is 11.2 Å². The Labute approximate surface area is 141 Å². The van der Waals surface area contributed by atoms with Crippen molar-refractivity contribution in [2.75, 3.05) is 14.1 Å². The highest BCUT2D eigenvalue weighted by molar-refractivity contribution is 5.97. The molecule has 0 saturated carbocycles. The number of carbonyl (C=O) groups excluding carboxylic acids is 1. The van der Waals surface area contributed by atoms with Gasteiger partial charge in [0.05, 0.1) is 5.56 Å². The molecule has 2 aromatic rings. The molecule has 0 radical (unpaired) electrons. The molecule has 0 fully saturated rings. The molecular weight excluding hydrogens is 309 g/mol. The lowest BCUT2D eigenvalue weighted by Crippen LogP contribution is -2.25. The highest BCUT2D eigenvalue weighted by atomic mass is 19.1. The molecule has 1 N–H and O–H groups in total. The number of benzene rings is 2. The third kappa shape index (κ3) is 3.77. The molecule has 0 spiro atoms. The first-order valence-electron chi connectivity index (χ1n) is 7.72. The highest BCUT2D eigenvalue weighted by Gasteiger charge is 2.16. The Kier molecular flexibility index (Phi) is 6.60. The van der Waals surface area contributed by atoms with Crippen LogP contribution in [0.1, 0.15) is 31.9 Å². The second kappa shape index (κ2) is 8.21. The van der Waals surface area contributed by atoms with E-state index < -0.39 is 11.9 Å². The van der Waals surface area contributed by atoms with E-state index in [9.17, 15) is 14.3 Å². The zero-order valence-electron chi connectivity index (χ0n) is 14.6. The van der Waals surface area contributed by atoms with Crippen LogP contribution in [-0.2, 0) is 6.42 Å².